The van der Waals surface area contributed by atoms with Gasteiger partial charge in [0.1, 0.15) is 6.33 Å². The lowest BCUT2D eigenvalue weighted by atomic mass is 10.1. The third-order valence-electron chi connectivity index (χ3n) is 3.56. The second-order valence-electron chi connectivity index (χ2n) is 4.96. The van der Waals surface area contributed by atoms with Gasteiger partial charge in [0.15, 0.2) is 5.82 Å². The zero-order valence-corrected chi connectivity index (χ0v) is 11.3. The molecule has 0 bridgehead atoms. The summed E-state index contributed by atoms with van der Waals surface area (Å²) in [6.45, 7) is 2.36. The van der Waals surface area contributed by atoms with Crippen LogP contribution in [0.25, 0.3) is 5.65 Å². The first-order valence-electron chi connectivity index (χ1n) is 7.00. The molecule has 7 nitrogen and oxygen atoms in total. The number of aromatic nitrogens is 4. The van der Waals surface area contributed by atoms with E-state index in [0.717, 1.165) is 25.9 Å². The number of hydrogen-bond acceptors (Lipinski definition) is 5. The summed E-state index contributed by atoms with van der Waals surface area (Å²) in [5.41, 5.74) is 0.679. The van der Waals surface area contributed by atoms with Gasteiger partial charge in [0.2, 0.25) is 11.6 Å². The van der Waals surface area contributed by atoms with Crippen LogP contribution < -0.4 is 5.32 Å². The Morgan fingerprint density at radius 1 is 1.30 bits per heavy atom. The molecule has 3 heterocycles. The van der Waals surface area contributed by atoms with E-state index in [1.54, 1.807) is 23.1 Å². The normalized spacial score (nSPS) is 15.5. The van der Waals surface area contributed by atoms with Crippen LogP contribution in [-0.4, -0.2) is 50.0 Å². The lowest BCUT2D eigenvalue weighted by Crippen LogP contribution is -2.36. The first-order chi connectivity index (χ1) is 9.84. The molecule has 1 amide bonds. The van der Waals surface area contributed by atoms with Crippen molar-refractivity contribution in [1.82, 2.24) is 24.5 Å². The van der Waals surface area contributed by atoms with E-state index >= 15 is 0 Å². The summed E-state index contributed by atoms with van der Waals surface area (Å²) in [5.74, 6) is 0.877. The maximum Gasteiger partial charge on any atom is 0.224 e. The number of rotatable bonds is 4. The molecular weight excluding hydrogens is 256 g/mol. The molecule has 0 spiro atoms. The molecule has 2 aromatic rings. The summed E-state index contributed by atoms with van der Waals surface area (Å²) >= 11 is 0. The molecule has 1 aliphatic heterocycles. The van der Waals surface area contributed by atoms with Gasteiger partial charge >= 0.3 is 0 Å². The molecule has 0 aliphatic carbocycles. The molecule has 1 saturated heterocycles. The number of hydrogen-bond donors (Lipinski definition) is 1. The Bertz CT molecular complexity index is 589. The first-order valence-corrected chi connectivity index (χ1v) is 7.00. The standard InChI is InChI=1S/C13H18N6O/c20-11(18-7-2-1-3-8-18)4-5-14-12-13-17-16-10-19(13)9-6-15-12/h6,9-10H,1-5,7-8H2,(H,14,15). The van der Waals surface area contributed by atoms with E-state index in [9.17, 15) is 4.79 Å². The van der Waals surface area contributed by atoms with Gasteiger partial charge in [-0.15, -0.1) is 10.2 Å². The third-order valence-corrected chi connectivity index (χ3v) is 3.56. The van der Waals surface area contributed by atoms with Gasteiger partial charge in [0.05, 0.1) is 0 Å². The van der Waals surface area contributed by atoms with Crippen LogP contribution in [0.15, 0.2) is 18.7 Å². The molecule has 0 radical (unpaired) electrons. The minimum atomic E-state index is 0.214. The highest BCUT2D eigenvalue weighted by molar-refractivity contribution is 5.77. The van der Waals surface area contributed by atoms with Gasteiger partial charge in [-0.1, -0.05) is 0 Å². The second-order valence-corrected chi connectivity index (χ2v) is 4.96. The summed E-state index contributed by atoms with van der Waals surface area (Å²) in [5, 5.41) is 11.0. The predicted octanol–water partition coefficient (Wildman–Crippen LogP) is 0.939. The van der Waals surface area contributed by atoms with Crippen molar-refractivity contribution in [3.63, 3.8) is 0 Å². The first kappa shape index (κ1) is 12.8. The maximum atomic E-state index is 12.0. The molecule has 3 rings (SSSR count). The van der Waals surface area contributed by atoms with Crippen molar-refractivity contribution in [1.29, 1.82) is 0 Å². The summed E-state index contributed by atoms with van der Waals surface area (Å²) < 4.78 is 1.79. The number of carbonyl (C=O) groups excluding carboxylic acids is 1. The summed E-state index contributed by atoms with van der Waals surface area (Å²) in [7, 11) is 0. The van der Waals surface area contributed by atoms with Crippen LogP contribution in [-0.2, 0) is 4.79 Å². The van der Waals surface area contributed by atoms with Crippen molar-refractivity contribution in [3.8, 4) is 0 Å². The van der Waals surface area contributed by atoms with Crippen LogP contribution in [0.3, 0.4) is 0 Å². The highest BCUT2D eigenvalue weighted by atomic mass is 16.2. The van der Waals surface area contributed by atoms with Crippen molar-refractivity contribution in [2.45, 2.75) is 25.7 Å². The lowest BCUT2D eigenvalue weighted by Gasteiger charge is -2.26. The lowest BCUT2D eigenvalue weighted by molar-refractivity contribution is -0.131. The number of piperidine rings is 1. The SMILES string of the molecule is O=C(CCNc1nccn2cnnc12)N1CCCCC1. The molecule has 1 aliphatic rings. The molecule has 106 valence electrons. The maximum absolute atomic E-state index is 12.0. The largest absolute Gasteiger partial charge is 0.366 e. The summed E-state index contributed by atoms with van der Waals surface area (Å²) in [6.07, 6.45) is 9.07. The van der Waals surface area contributed by atoms with E-state index in [1.807, 2.05) is 4.90 Å². The Balaban J connectivity index is 1.54. The third kappa shape index (κ3) is 2.71. The van der Waals surface area contributed by atoms with Gasteiger partial charge in [-0.3, -0.25) is 9.20 Å². The van der Waals surface area contributed by atoms with Gasteiger partial charge in [-0.05, 0) is 19.3 Å². The molecule has 0 unspecified atom stereocenters. The summed E-state index contributed by atoms with van der Waals surface area (Å²) in [4.78, 5) is 18.2. The molecule has 2 aromatic heterocycles. The molecule has 7 heteroatoms. The molecule has 0 atom stereocenters. The predicted molar refractivity (Wildman–Crippen MR) is 74.3 cm³/mol. The molecule has 0 aromatic carbocycles. The van der Waals surface area contributed by atoms with Gasteiger partial charge in [0, 0.05) is 38.4 Å². The van der Waals surface area contributed by atoms with Crippen LogP contribution in [0.5, 0.6) is 0 Å². The molecular formula is C13H18N6O. The van der Waals surface area contributed by atoms with E-state index in [-0.39, 0.29) is 5.91 Å². The van der Waals surface area contributed by atoms with E-state index < -0.39 is 0 Å². The highest BCUT2D eigenvalue weighted by Gasteiger charge is 2.16. The van der Waals surface area contributed by atoms with Gasteiger partial charge in [-0.2, -0.15) is 0 Å². The number of nitrogens with one attached hydrogen (secondary N) is 1. The van der Waals surface area contributed by atoms with E-state index in [2.05, 4.69) is 20.5 Å². The Morgan fingerprint density at radius 2 is 2.15 bits per heavy atom. The highest BCUT2D eigenvalue weighted by Crippen LogP contribution is 2.11. The van der Waals surface area contributed by atoms with Gasteiger partial charge in [-0.25, -0.2) is 4.98 Å². The quantitative estimate of drug-likeness (QED) is 0.898. The minimum Gasteiger partial charge on any atom is -0.366 e. The Kier molecular flexibility index (Phi) is 3.76. The molecule has 1 fully saturated rings. The average molecular weight is 274 g/mol. The van der Waals surface area contributed by atoms with E-state index in [1.165, 1.54) is 6.42 Å². The van der Waals surface area contributed by atoms with Crippen molar-refractivity contribution >= 4 is 17.4 Å². The minimum absolute atomic E-state index is 0.214. The fourth-order valence-corrected chi connectivity index (χ4v) is 2.47. The van der Waals surface area contributed by atoms with Crippen molar-refractivity contribution in [3.05, 3.63) is 18.7 Å². The van der Waals surface area contributed by atoms with Gasteiger partial charge < -0.3 is 10.2 Å². The number of amides is 1. The van der Waals surface area contributed by atoms with E-state index in [0.29, 0.717) is 24.4 Å². The van der Waals surface area contributed by atoms with E-state index in [4.69, 9.17) is 0 Å². The zero-order valence-electron chi connectivity index (χ0n) is 11.3. The number of anilines is 1. The van der Waals surface area contributed by atoms with Crippen LogP contribution in [0.4, 0.5) is 5.82 Å². The molecule has 20 heavy (non-hydrogen) atoms. The Morgan fingerprint density at radius 3 is 3.00 bits per heavy atom. The van der Waals surface area contributed by atoms with Crippen LogP contribution in [0.1, 0.15) is 25.7 Å². The number of nitrogens with zero attached hydrogens (tertiary/aromatic N) is 5. The molecule has 0 saturated carbocycles. The fourth-order valence-electron chi connectivity index (χ4n) is 2.47. The average Bonchev–Trinajstić information content (AvgIpc) is 2.97. The number of likely N-dealkylation sites (tertiary alicyclic amines) is 1. The zero-order chi connectivity index (χ0) is 13.8. The monoisotopic (exact) mass is 274 g/mol. The van der Waals surface area contributed by atoms with Crippen molar-refractivity contribution in [2.24, 2.45) is 0 Å². The summed E-state index contributed by atoms with van der Waals surface area (Å²) in [6, 6.07) is 0. The van der Waals surface area contributed by atoms with Crippen LogP contribution >= 0.6 is 0 Å². The molecule has 1 N–H and O–H groups in total. The Hall–Kier alpha value is -2.18. The number of fused-ring (bicyclic) bond motifs is 1. The van der Waals surface area contributed by atoms with Crippen LogP contribution in [0, 0.1) is 0 Å². The van der Waals surface area contributed by atoms with Crippen LogP contribution in [0.2, 0.25) is 0 Å². The second kappa shape index (κ2) is 5.85. The topological polar surface area (TPSA) is 75.4 Å². The smallest absolute Gasteiger partial charge is 0.224 e. The Labute approximate surface area is 117 Å². The number of carbonyl (C=O) groups is 1. The van der Waals surface area contributed by atoms with Crippen molar-refractivity contribution < 1.29 is 4.79 Å². The van der Waals surface area contributed by atoms with Gasteiger partial charge in [0.25, 0.3) is 0 Å². The fraction of sp³-hybridized carbons (Fsp3) is 0.538. The van der Waals surface area contributed by atoms with Crippen molar-refractivity contribution in [2.75, 3.05) is 25.0 Å².